The summed E-state index contributed by atoms with van der Waals surface area (Å²) in [6.45, 7) is 2.02. The van der Waals surface area contributed by atoms with Gasteiger partial charge in [-0.3, -0.25) is 0 Å². The van der Waals surface area contributed by atoms with Gasteiger partial charge in [0, 0.05) is 18.5 Å². The molecule has 2 heterocycles. The first-order valence-corrected chi connectivity index (χ1v) is 10.5. The minimum atomic E-state index is -0.254. The van der Waals surface area contributed by atoms with Crippen molar-refractivity contribution >= 4 is 21.9 Å². The number of rotatable bonds is 6. The van der Waals surface area contributed by atoms with Gasteiger partial charge in [-0.15, -0.1) is 0 Å². The average molecular weight is 411 g/mol. The summed E-state index contributed by atoms with van der Waals surface area (Å²) in [4.78, 5) is 12.5. The van der Waals surface area contributed by atoms with Gasteiger partial charge in [-0.2, -0.15) is 0 Å². The van der Waals surface area contributed by atoms with Gasteiger partial charge in [-0.05, 0) is 68.2 Å². The summed E-state index contributed by atoms with van der Waals surface area (Å²) in [6.07, 6.45) is 7.54. The molecule has 0 N–H and O–H groups in total. The molecule has 1 aromatic carbocycles. The van der Waals surface area contributed by atoms with E-state index in [1.807, 2.05) is 12.1 Å². The Balaban J connectivity index is 1.83. The lowest BCUT2D eigenvalue weighted by Crippen LogP contribution is -2.16. The highest BCUT2D eigenvalue weighted by Gasteiger charge is 2.23. The predicted octanol–water partition coefficient (Wildman–Crippen LogP) is 5.11. The quantitative estimate of drug-likeness (QED) is 0.371. The molecule has 4 nitrogen and oxygen atoms in total. The third-order valence-electron chi connectivity index (χ3n) is 4.83. The van der Waals surface area contributed by atoms with E-state index in [0.717, 1.165) is 61.8 Å². The number of benzene rings is 1. The van der Waals surface area contributed by atoms with E-state index >= 15 is 0 Å². The van der Waals surface area contributed by atoms with Crippen LogP contribution in [0.3, 0.4) is 0 Å². The van der Waals surface area contributed by atoms with Crippen LogP contribution in [-0.4, -0.2) is 31.1 Å². The molecule has 5 heteroatoms. The van der Waals surface area contributed by atoms with Gasteiger partial charge in [-0.25, -0.2) is 4.79 Å². The van der Waals surface area contributed by atoms with E-state index in [1.54, 1.807) is 0 Å². The lowest BCUT2D eigenvalue weighted by molar-refractivity contribution is 0.0106. The Bertz CT molecular complexity index is 527. The zero-order chi connectivity index (χ0) is 17.5. The van der Waals surface area contributed by atoms with Crippen LogP contribution in [0.25, 0.3) is 0 Å². The highest BCUT2D eigenvalue weighted by molar-refractivity contribution is 9.09. The third kappa shape index (κ3) is 5.28. The highest BCUT2D eigenvalue weighted by Crippen LogP contribution is 2.34. The Kier molecular flexibility index (Phi) is 7.32. The summed E-state index contributed by atoms with van der Waals surface area (Å²) in [5.41, 5.74) is 2.78. The van der Waals surface area contributed by atoms with Gasteiger partial charge in [0.2, 0.25) is 0 Å². The molecular formula is C20H27BrO4. The number of hydrogen-bond donors (Lipinski definition) is 0. The second-order valence-electron chi connectivity index (χ2n) is 6.78. The van der Waals surface area contributed by atoms with Gasteiger partial charge in [0.1, 0.15) is 0 Å². The smallest absolute Gasteiger partial charge is 0.338 e. The lowest BCUT2D eigenvalue weighted by Gasteiger charge is -2.27. The van der Waals surface area contributed by atoms with Crippen LogP contribution in [0.5, 0.6) is 0 Å². The van der Waals surface area contributed by atoms with Gasteiger partial charge in [-0.1, -0.05) is 22.0 Å². The number of carbonyl (C=O) groups excluding carboxylic acids is 1. The summed E-state index contributed by atoms with van der Waals surface area (Å²) in [6, 6.07) is 6.05. The fourth-order valence-corrected chi connectivity index (χ4v) is 3.71. The highest BCUT2D eigenvalue weighted by atomic mass is 79.9. The van der Waals surface area contributed by atoms with E-state index < -0.39 is 0 Å². The molecule has 0 bridgehead atoms. The fraction of sp³-hybridized carbons (Fsp3) is 0.650. The van der Waals surface area contributed by atoms with Crippen molar-refractivity contribution in [3.8, 4) is 0 Å². The number of hydrogen-bond acceptors (Lipinski definition) is 4. The van der Waals surface area contributed by atoms with Crippen LogP contribution < -0.4 is 0 Å². The third-order valence-corrected chi connectivity index (χ3v) is 5.39. The van der Waals surface area contributed by atoms with Gasteiger partial charge < -0.3 is 14.2 Å². The van der Waals surface area contributed by atoms with Crippen LogP contribution in [-0.2, 0) is 14.2 Å². The van der Waals surface area contributed by atoms with Crippen molar-refractivity contribution in [2.24, 2.45) is 0 Å². The first-order valence-electron chi connectivity index (χ1n) is 9.39. The second kappa shape index (κ2) is 9.70. The molecule has 25 heavy (non-hydrogen) atoms. The summed E-state index contributed by atoms with van der Waals surface area (Å²) >= 11 is 3.36. The molecule has 2 atom stereocenters. The summed E-state index contributed by atoms with van der Waals surface area (Å²) < 4.78 is 17.3. The zero-order valence-electron chi connectivity index (χ0n) is 14.7. The molecule has 2 aliphatic heterocycles. The van der Waals surface area contributed by atoms with Crippen molar-refractivity contribution < 1.29 is 19.0 Å². The topological polar surface area (TPSA) is 44.8 Å². The largest absolute Gasteiger partial charge is 0.462 e. The van der Waals surface area contributed by atoms with Gasteiger partial charge in [0.05, 0.1) is 24.4 Å². The van der Waals surface area contributed by atoms with E-state index in [9.17, 15) is 4.79 Å². The van der Waals surface area contributed by atoms with Crippen molar-refractivity contribution in [3.05, 3.63) is 34.9 Å². The van der Waals surface area contributed by atoms with Crippen LogP contribution >= 0.6 is 15.9 Å². The van der Waals surface area contributed by atoms with Crippen molar-refractivity contribution in [2.75, 3.05) is 25.2 Å². The molecule has 2 aliphatic rings. The predicted molar refractivity (Wildman–Crippen MR) is 100 cm³/mol. The molecule has 2 unspecified atom stereocenters. The van der Waals surface area contributed by atoms with E-state index in [-0.39, 0.29) is 18.2 Å². The molecule has 2 fully saturated rings. The average Bonchev–Trinajstić information content (AvgIpc) is 2.69. The summed E-state index contributed by atoms with van der Waals surface area (Å²) in [5.74, 6) is -0.254. The van der Waals surface area contributed by atoms with Crippen LogP contribution in [0.2, 0.25) is 0 Å². The number of carbonyl (C=O) groups is 1. The van der Waals surface area contributed by atoms with Gasteiger partial charge in [0.25, 0.3) is 0 Å². The Morgan fingerprint density at radius 1 is 1.00 bits per heavy atom. The Morgan fingerprint density at radius 2 is 1.60 bits per heavy atom. The molecular weight excluding hydrogens is 384 g/mol. The molecule has 138 valence electrons. The van der Waals surface area contributed by atoms with Crippen molar-refractivity contribution in [2.45, 2.75) is 57.2 Å². The van der Waals surface area contributed by atoms with Crippen molar-refractivity contribution in [3.63, 3.8) is 0 Å². The molecule has 0 saturated carbocycles. The van der Waals surface area contributed by atoms with Crippen LogP contribution in [0.1, 0.15) is 78.6 Å². The van der Waals surface area contributed by atoms with E-state index in [2.05, 4.69) is 22.0 Å². The molecule has 0 amide bonds. The first-order chi connectivity index (χ1) is 12.3. The maximum atomic E-state index is 12.5. The molecule has 0 spiro atoms. The molecule has 0 aliphatic carbocycles. The first kappa shape index (κ1) is 18.9. The van der Waals surface area contributed by atoms with Crippen molar-refractivity contribution in [1.82, 2.24) is 0 Å². The van der Waals surface area contributed by atoms with E-state index in [1.165, 1.54) is 12.8 Å². The molecule has 1 aromatic rings. The van der Waals surface area contributed by atoms with Crippen LogP contribution in [0.15, 0.2) is 18.2 Å². The maximum Gasteiger partial charge on any atom is 0.338 e. The summed E-state index contributed by atoms with van der Waals surface area (Å²) in [7, 11) is 0. The van der Waals surface area contributed by atoms with E-state index in [4.69, 9.17) is 14.2 Å². The lowest BCUT2D eigenvalue weighted by atomic mass is 9.93. The van der Waals surface area contributed by atoms with Gasteiger partial charge >= 0.3 is 5.97 Å². The minimum Gasteiger partial charge on any atom is -0.462 e. The normalized spacial score (nSPS) is 24.0. The number of ether oxygens (including phenoxy) is 3. The standard InChI is InChI=1S/C20H27BrO4/c21-8-5-11-25-20(22)17-13-15(18-6-1-3-9-23-18)12-16(14-17)19-7-2-4-10-24-19/h12-14,18-19H,1-11H2. The van der Waals surface area contributed by atoms with E-state index in [0.29, 0.717) is 12.2 Å². The molecule has 0 aromatic heterocycles. The van der Waals surface area contributed by atoms with Crippen LogP contribution in [0, 0.1) is 0 Å². The molecule has 3 rings (SSSR count). The maximum absolute atomic E-state index is 12.5. The SMILES string of the molecule is O=C(OCCCBr)c1cc(C2CCCCO2)cc(C2CCCCO2)c1. The molecule has 2 saturated heterocycles. The number of halogens is 1. The van der Waals surface area contributed by atoms with Crippen molar-refractivity contribution in [1.29, 1.82) is 0 Å². The Morgan fingerprint density at radius 3 is 2.08 bits per heavy atom. The summed E-state index contributed by atoms with van der Waals surface area (Å²) in [5, 5.41) is 0.831. The Labute approximate surface area is 158 Å². The minimum absolute atomic E-state index is 0.0754. The Hall–Kier alpha value is -0.910. The molecule has 0 radical (unpaired) electrons. The zero-order valence-corrected chi connectivity index (χ0v) is 16.3. The van der Waals surface area contributed by atoms with Crippen LogP contribution in [0.4, 0.5) is 0 Å². The second-order valence-corrected chi connectivity index (χ2v) is 7.57. The number of alkyl halides is 1. The monoisotopic (exact) mass is 410 g/mol. The fourth-order valence-electron chi connectivity index (χ4n) is 3.48. The van der Waals surface area contributed by atoms with Gasteiger partial charge in [0.15, 0.2) is 0 Å². The number of esters is 1.